The lowest BCUT2D eigenvalue weighted by Gasteiger charge is -2.17. The third kappa shape index (κ3) is 3.36. The summed E-state index contributed by atoms with van der Waals surface area (Å²) in [4.78, 5) is 20.0. The van der Waals surface area contributed by atoms with Crippen molar-refractivity contribution in [2.24, 2.45) is 0 Å². The van der Waals surface area contributed by atoms with E-state index in [0.717, 1.165) is 31.4 Å². The molecule has 1 aromatic heterocycles. The third-order valence-electron chi connectivity index (χ3n) is 3.31. The number of hydrogen-bond acceptors (Lipinski definition) is 6. The molecule has 0 aliphatic carbocycles. The maximum atomic E-state index is 11.9. The molecular formula is C13H20N4O3. The lowest BCUT2D eigenvalue weighted by atomic mass is 10.1. The summed E-state index contributed by atoms with van der Waals surface area (Å²) in [5, 5.41) is 6.12. The van der Waals surface area contributed by atoms with Crippen LogP contribution >= 0.6 is 0 Å². The maximum absolute atomic E-state index is 11.9. The zero-order valence-electron chi connectivity index (χ0n) is 11.8. The largest absolute Gasteiger partial charge is 0.481 e. The number of carbonyl (C=O) groups is 1. The van der Waals surface area contributed by atoms with Gasteiger partial charge in [-0.1, -0.05) is 0 Å². The highest BCUT2D eigenvalue weighted by atomic mass is 16.5. The fourth-order valence-corrected chi connectivity index (χ4v) is 2.24. The second-order valence-corrected chi connectivity index (χ2v) is 4.59. The minimum absolute atomic E-state index is 0.0392. The number of methoxy groups -OCH3 is 2. The highest BCUT2D eigenvalue weighted by Gasteiger charge is 2.21. The van der Waals surface area contributed by atoms with E-state index in [9.17, 15) is 4.79 Å². The quantitative estimate of drug-likeness (QED) is 0.804. The monoisotopic (exact) mass is 280 g/mol. The number of nitrogens with one attached hydrogen (secondary N) is 2. The lowest BCUT2D eigenvalue weighted by molar-refractivity contribution is -0.122. The molecule has 2 N–H and O–H groups in total. The summed E-state index contributed by atoms with van der Waals surface area (Å²) in [6, 6.07) is -0.202. The average molecular weight is 280 g/mol. The van der Waals surface area contributed by atoms with E-state index >= 15 is 0 Å². The van der Waals surface area contributed by atoms with Crippen molar-refractivity contribution in [1.82, 2.24) is 20.6 Å². The Bertz CT molecular complexity index is 445. The number of hydrogen-bond donors (Lipinski definition) is 2. The van der Waals surface area contributed by atoms with Crippen molar-refractivity contribution >= 4 is 5.91 Å². The molecule has 0 spiro atoms. The van der Waals surface area contributed by atoms with Gasteiger partial charge < -0.3 is 20.1 Å². The summed E-state index contributed by atoms with van der Waals surface area (Å²) in [6.45, 7) is 1.17. The Morgan fingerprint density at radius 2 is 2.00 bits per heavy atom. The van der Waals surface area contributed by atoms with Crippen LogP contribution in [0.4, 0.5) is 0 Å². The number of carbonyl (C=O) groups excluding carboxylic acids is 1. The molecule has 1 aliphatic heterocycles. The van der Waals surface area contributed by atoms with E-state index in [-0.39, 0.29) is 11.9 Å². The SMILES string of the molecule is COc1ncnc(OC)c1CNC1CCCCNC1=O. The van der Waals surface area contributed by atoms with Gasteiger partial charge >= 0.3 is 0 Å². The third-order valence-corrected chi connectivity index (χ3v) is 3.31. The molecule has 0 bridgehead atoms. The summed E-state index contributed by atoms with van der Waals surface area (Å²) in [5.41, 5.74) is 0.717. The molecule has 1 saturated heterocycles. The minimum atomic E-state index is -0.202. The first-order valence-corrected chi connectivity index (χ1v) is 6.69. The van der Waals surface area contributed by atoms with Crippen LogP contribution in [0, 0.1) is 0 Å². The van der Waals surface area contributed by atoms with Crippen LogP contribution in [0.15, 0.2) is 6.33 Å². The van der Waals surface area contributed by atoms with E-state index in [4.69, 9.17) is 9.47 Å². The summed E-state index contributed by atoms with van der Waals surface area (Å²) in [7, 11) is 3.09. The number of nitrogens with zero attached hydrogens (tertiary/aromatic N) is 2. The molecule has 1 amide bonds. The van der Waals surface area contributed by atoms with Crippen molar-refractivity contribution in [1.29, 1.82) is 0 Å². The van der Waals surface area contributed by atoms with Gasteiger partial charge in [-0.2, -0.15) is 0 Å². The molecule has 20 heavy (non-hydrogen) atoms. The fourth-order valence-electron chi connectivity index (χ4n) is 2.24. The van der Waals surface area contributed by atoms with Gasteiger partial charge in [0.15, 0.2) is 0 Å². The number of aromatic nitrogens is 2. The second kappa shape index (κ2) is 7.04. The van der Waals surface area contributed by atoms with Crippen LogP contribution in [0.1, 0.15) is 24.8 Å². The van der Waals surface area contributed by atoms with E-state index in [1.54, 1.807) is 14.2 Å². The number of rotatable bonds is 5. The standard InChI is InChI=1S/C13H20N4O3/c1-19-12-9(13(20-2)17-8-16-12)7-15-10-5-3-4-6-14-11(10)18/h8,10,15H,3-7H2,1-2H3,(H,14,18). The highest BCUT2D eigenvalue weighted by molar-refractivity contribution is 5.81. The van der Waals surface area contributed by atoms with Crippen molar-refractivity contribution < 1.29 is 14.3 Å². The predicted molar refractivity (Wildman–Crippen MR) is 72.6 cm³/mol. The molecule has 1 aromatic rings. The topological polar surface area (TPSA) is 85.4 Å². The Hall–Kier alpha value is -1.89. The number of ether oxygens (including phenoxy) is 2. The molecule has 110 valence electrons. The molecule has 1 aliphatic rings. The van der Waals surface area contributed by atoms with Gasteiger partial charge in [0.2, 0.25) is 17.7 Å². The molecule has 7 heteroatoms. The van der Waals surface area contributed by atoms with Gasteiger partial charge in [0.1, 0.15) is 6.33 Å². The van der Waals surface area contributed by atoms with E-state index in [1.165, 1.54) is 6.33 Å². The van der Waals surface area contributed by atoms with Crippen molar-refractivity contribution in [3.63, 3.8) is 0 Å². The smallest absolute Gasteiger partial charge is 0.237 e. The van der Waals surface area contributed by atoms with Crippen molar-refractivity contribution in [2.75, 3.05) is 20.8 Å². The van der Waals surface area contributed by atoms with Gasteiger partial charge in [0.05, 0.1) is 25.8 Å². The van der Waals surface area contributed by atoms with E-state index in [0.29, 0.717) is 18.3 Å². The molecule has 2 rings (SSSR count). The Morgan fingerprint density at radius 1 is 1.30 bits per heavy atom. The zero-order chi connectivity index (χ0) is 14.4. The summed E-state index contributed by atoms with van der Waals surface area (Å²) in [5.74, 6) is 0.953. The van der Waals surface area contributed by atoms with Crippen molar-refractivity contribution in [2.45, 2.75) is 31.8 Å². The van der Waals surface area contributed by atoms with Gasteiger partial charge in [-0.3, -0.25) is 4.79 Å². The summed E-state index contributed by atoms with van der Waals surface area (Å²) in [6.07, 6.45) is 4.25. The summed E-state index contributed by atoms with van der Waals surface area (Å²) < 4.78 is 10.4. The van der Waals surface area contributed by atoms with Gasteiger partial charge in [-0.15, -0.1) is 0 Å². The molecule has 1 atom stereocenters. The predicted octanol–water partition coefficient (Wildman–Crippen LogP) is 0.252. The van der Waals surface area contributed by atoms with Crippen LogP contribution in [0.5, 0.6) is 11.8 Å². The zero-order valence-corrected chi connectivity index (χ0v) is 11.8. The lowest BCUT2D eigenvalue weighted by Crippen LogP contribution is -2.42. The van der Waals surface area contributed by atoms with Gasteiger partial charge in [0.25, 0.3) is 0 Å². The first-order valence-electron chi connectivity index (χ1n) is 6.69. The maximum Gasteiger partial charge on any atom is 0.237 e. The summed E-state index contributed by atoms with van der Waals surface area (Å²) >= 11 is 0. The normalized spacial score (nSPS) is 19.1. The van der Waals surface area contributed by atoms with Crippen LogP contribution in [-0.2, 0) is 11.3 Å². The van der Waals surface area contributed by atoms with Crippen LogP contribution in [-0.4, -0.2) is 42.7 Å². The number of amides is 1. The molecule has 1 unspecified atom stereocenters. The molecule has 1 fully saturated rings. The van der Waals surface area contributed by atoms with Crippen LogP contribution in [0.3, 0.4) is 0 Å². The average Bonchev–Trinajstić information content (AvgIpc) is 2.69. The highest BCUT2D eigenvalue weighted by Crippen LogP contribution is 2.23. The molecule has 0 aromatic carbocycles. The van der Waals surface area contributed by atoms with Gasteiger partial charge in [-0.25, -0.2) is 9.97 Å². The minimum Gasteiger partial charge on any atom is -0.481 e. The van der Waals surface area contributed by atoms with E-state index in [2.05, 4.69) is 20.6 Å². The Labute approximate surface area is 118 Å². The molecule has 0 radical (unpaired) electrons. The Kier molecular flexibility index (Phi) is 5.11. The molecular weight excluding hydrogens is 260 g/mol. The van der Waals surface area contributed by atoms with Crippen LogP contribution in [0.25, 0.3) is 0 Å². The van der Waals surface area contributed by atoms with Gasteiger partial charge in [0, 0.05) is 13.1 Å². The van der Waals surface area contributed by atoms with Crippen molar-refractivity contribution in [3.05, 3.63) is 11.9 Å². The second-order valence-electron chi connectivity index (χ2n) is 4.59. The van der Waals surface area contributed by atoms with E-state index in [1.807, 2.05) is 0 Å². The first kappa shape index (κ1) is 14.5. The Morgan fingerprint density at radius 3 is 2.65 bits per heavy atom. The first-order chi connectivity index (χ1) is 9.76. The molecule has 2 heterocycles. The fraction of sp³-hybridized carbons (Fsp3) is 0.615. The molecule has 7 nitrogen and oxygen atoms in total. The van der Waals surface area contributed by atoms with Crippen LogP contribution in [0.2, 0.25) is 0 Å². The van der Waals surface area contributed by atoms with Gasteiger partial charge in [-0.05, 0) is 19.3 Å². The van der Waals surface area contributed by atoms with Crippen LogP contribution < -0.4 is 20.1 Å². The Balaban J connectivity index is 2.07. The molecule has 0 saturated carbocycles. The van der Waals surface area contributed by atoms with E-state index < -0.39 is 0 Å². The van der Waals surface area contributed by atoms with Crippen molar-refractivity contribution in [3.8, 4) is 11.8 Å².